The van der Waals surface area contributed by atoms with Crippen molar-refractivity contribution in [1.82, 2.24) is 9.55 Å². The molecule has 3 aromatic rings. The molecule has 5 nitrogen and oxygen atoms in total. The minimum atomic E-state index is -1.31. The second-order valence-electron chi connectivity index (χ2n) is 6.35. The molecule has 2 atom stereocenters. The molecule has 130 valence electrons. The van der Waals surface area contributed by atoms with E-state index in [4.69, 9.17) is 10.00 Å². The van der Waals surface area contributed by atoms with E-state index >= 15 is 0 Å². The molecule has 2 unspecified atom stereocenters. The first-order chi connectivity index (χ1) is 12.6. The number of hydrogen-bond donors (Lipinski definition) is 1. The number of aliphatic hydroxyl groups is 1. The van der Waals surface area contributed by atoms with Gasteiger partial charge in [0.2, 0.25) is 0 Å². The van der Waals surface area contributed by atoms with Gasteiger partial charge in [-0.1, -0.05) is 18.2 Å². The summed E-state index contributed by atoms with van der Waals surface area (Å²) in [4.78, 5) is 4.14. The quantitative estimate of drug-likeness (QED) is 0.789. The maximum absolute atomic E-state index is 14.6. The SMILES string of the molecule is COc1cccc(C2(O)CC(c3ccc(C#N)cc3F)n3cncc32)c1. The third kappa shape index (κ3) is 2.37. The van der Waals surface area contributed by atoms with Gasteiger partial charge >= 0.3 is 0 Å². The van der Waals surface area contributed by atoms with Crippen LogP contribution in [0.4, 0.5) is 4.39 Å². The largest absolute Gasteiger partial charge is 0.497 e. The molecule has 1 N–H and O–H groups in total. The van der Waals surface area contributed by atoms with Crippen LogP contribution in [0.15, 0.2) is 55.0 Å². The van der Waals surface area contributed by atoms with Gasteiger partial charge < -0.3 is 14.4 Å². The van der Waals surface area contributed by atoms with Crippen molar-refractivity contribution in [3.8, 4) is 11.8 Å². The van der Waals surface area contributed by atoms with E-state index in [1.807, 2.05) is 18.2 Å². The summed E-state index contributed by atoms with van der Waals surface area (Å²) in [5.41, 5.74) is 0.630. The van der Waals surface area contributed by atoms with Gasteiger partial charge in [0.15, 0.2) is 0 Å². The number of imidazole rings is 1. The first kappa shape index (κ1) is 16.3. The van der Waals surface area contributed by atoms with Crippen LogP contribution in [0.25, 0.3) is 0 Å². The molecule has 0 amide bonds. The predicted molar refractivity (Wildman–Crippen MR) is 92.1 cm³/mol. The van der Waals surface area contributed by atoms with Crippen LogP contribution in [0, 0.1) is 17.1 Å². The van der Waals surface area contributed by atoms with Gasteiger partial charge in [-0.25, -0.2) is 9.37 Å². The lowest BCUT2D eigenvalue weighted by Gasteiger charge is -2.23. The van der Waals surface area contributed by atoms with E-state index in [1.165, 1.54) is 6.07 Å². The van der Waals surface area contributed by atoms with E-state index in [1.54, 1.807) is 48.5 Å². The molecule has 0 radical (unpaired) electrons. The van der Waals surface area contributed by atoms with Crippen LogP contribution in [0.5, 0.6) is 5.75 Å². The smallest absolute Gasteiger partial charge is 0.133 e. The van der Waals surface area contributed by atoms with Crippen molar-refractivity contribution in [3.63, 3.8) is 0 Å². The normalized spacial score (nSPS) is 21.2. The Balaban J connectivity index is 1.81. The lowest BCUT2D eigenvalue weighted by molar-refractivity contribution is 0.0790. The first-order valence-electron chi connectivity index (χ1n) is 8.15. The van der Waals surface area contributed by atoms with Crippen LogP contribution in [0.3, 0.4) is 0 Å². The summed E-state index contributed by atoms with van der Waals surface area (Å²) >= 11 is 0. The molecule has 2 aromatic carbocycles. The van der Waals surface area contributed by atoms with Gasteiger partial charge in [-0.2, -0.15) is 5.26 Å². The molecule has 1 aliphatic heterocycles. The molecule has 0 fully saturated rings. The molecule has 0 saturated heterocycles. The molecule has 26 heavy (non-hydrogen) atoms. The van der Waals surface area contributed by atoms with E-state index in [2.05, 4.69) is 4.98 Å². The summed E-state index contributed by atoms with van der Waals surface area (Å²) < 4.78 is 21.6. The number of fused-ring (bicyclic) bond motifs is 1. The third-order valence-electron chi connectivity index (χ3n) is 4.95. The lowest BCUT2D eigenvalue weighted by atomic mass is 9.86. The van der Waals surface area contributed by atoms with Gasteiger partial charge in [-0.3, -0.25) is 0 Å². The molecule has 0 saturated carbocycles. The highest BCUT2D eigenvalue weighted by molar-refractivity contribution is 5.43. The average molecular weight is 349 g/mol. The van der Waals surface area contributed by atoms with Crippen molar-refractivity contribution >= 4 is 0 Å². The minimum absolute atomic E-state index is 0.262. The topological polar surface area (TPSA) is 71.1 Å². The fourth-order valence-electron chi connectivity index (χ4n) is 3.63. The molecular weight excluding hydrogens is 333 g/mol. The number of halogens is 1. The van der Waals surface area contributed by atoms with Crippen LogP contribution in [0.2, 0.25) is 0 Å². The Labute approximate surface area is 149 Å². The fraction of sp³-hybridized carbons (Fsp3) is 0.200. The van der Waals surface area contributed by atoms with Gasteiger partial charge in [0.25, 0.3) is 0 Å². The van der Waals surface area contributed by atoms with Gasteiger partial charge in [0.1, 0.15) is 17.2 Å². The maximum atomic E-state index is 14.6. The Morgan fingerprint density at radius 2 is 2.19 bits per heavy atom. The number of ether oxygens (including phenoxy) is 1. The second-order valence-corrected chi connectivity index (χ2v) is 6.35. The van der Waals surface area contributed by atoms with E-state index in [-0.39, 0.29) is 12.0 Å². The zero-order chi connectivity index (χ0) is 18.3. The Morgan fingerprint density at radius 3 is 2.92 bits per heavy atom. The monoisotopic (exact) mass is 349 g/mol. The maximum Gasteiger partial charge on any atom is 0.133 e. The Kier molecular flexibility index (Phi) is 3.74. The zero-order valence-electron chi connectivity index (χ0n) is 14.1. The highest BCUT2D eigenvalue weighted by Crippen LogP contribution is 2.47. The fourth-order valence-corrected chi connectivity index (χ4v) is 3.63. The summed E-state index contributed by atoms with van der Waals surface area (Å²) in [5.74, 6) is 0.165. The molecule has 2 heterocycles. The Morgan fingerprint density at radius 1 is 1.35 bits per heavy atom. The van der Waals surface area contributed by atoms with E-state index in [9.17, 15) is 9.50 Å². The van der Waals surface area contributed by atoms with Gasteiger partial charge in [0, 0.05) is 12.0 Å². The molecule has 1 aromatic heterocycles. The Hall–Kier alpha value is -3.17. The molecule has 4 rings (SSSR count). The standard InChI is InChI=1S/C20H16FN3O2/c1-26-15-4-2-3-14(8-15)20(25)9-18(24-12-23-11-19(20)24)16-6-5-13(10-22)7-17(16)21/h2-8,11-12,18,25H,9H2,1H3. The third-order valence-corrected chi connectivity index (χ3v) is 4.95. The van der Waals surface area contributed by atoms with Crippen molar-refractivity contribution in [2.75, 3.05) is 7.11 Å². The van der Waals surface area contributed by atoms with E-state index in [0.717, 1.165) is 0 Å². The predicted octanol–water partition coefficient (Wildman–Crippen LogP) is 3.13. The second kappa shape index (κ2) is 5.97. The molecule has 0 bridgehead atoms. The zero-order valence-corrected chi connectivity index (χ0v) is 14.1. The van der Waals surface area contributed by atoms with Crippen LogP contribution in [-0.2, 0) is 5.60 Å². The van der Waals surface area contributed by atoms with Gasteiger partial charge in [-0.15, -0.1) is 0 Å². The summed E-state index contributed by atoms with van der Waals surface area (Å²) in [5, 5.41) is 20.4. The van der Waals surface area contributed by atoms with Gasteiger partial charge in [0.05, 0.1) is 43.0 Å². The van der Waals surface area contributed by atoms with Crippen LogP contribution < -0.4 is 4.74 Å². The van der Waals surface area contributed by atoms with E-state index in [0.29, 0.717) is 22.6 Å². The molecule has 1 aliphatic rings. The average Bonchev–Trinajstić information content (AvgIpc) is 3.25. The van der Waals surface area contributed by atoms with E-state index < -0.39 is 17.5 Å². The number of benzene rings is 2. The number of hydrogen-bond acceptors (Lipinski definition) is 4. The van der Waals surface area contributed by atoms with Crippen LogP contribution >= 0.6 is 0 Å². The van der Waals surface area contributed by atoms with Crippen LogP contribution in [0.1, 0.15) is 34.8 Å². The number of aromatic nitrogens is 2. The van der Waals surface area contributed by atoms with Crippen molar-refractivity contribution in [1.29, 1.82) is 5.26 Å². The highest BCUT2D eigenvalue weighted by Gasteiger charge is 2.45. The van der Waals surface area contributed by atoms with Crippen molar-refractivity contribution in [3.05, 3.63) is 83.2 Å². The summed E-state index contributed by atoms with van der Waals surface area (Å²) in [6, 6.07) is 13.1. The number of nitriles is 1. The number of nitrogens with zero attached hydrogens (tertiary/aromatic N) is 3. The molecule has 0 spiro atoms. The molecule has 6 heteroatoms. The molecular formula is C20H16FN3O2. The van der Waals surface area contributed by atoms with Crippen molar-refractivity contribution < 1.29 is 14.2 Å². The van der Waals surface area contributed by atoms with Crippen molar-refractivity contribution in [2.24, 2.45) is 0 Å². The molecule has 0 aliphatic carbocycles. The lowest BCUT2D eigenvalue weighted by Crippen LogP contribution is -2.24. The summed E-state index contributed by atoms with van der Waals surface area (Å²) in [6.07, 6.45) is 3.46. The first-order valence-corrected chi connectivity index (χ1v) is 8.15. The summed E-state index contributed by atoms with van der Waals surface area (Å²) in [6.45, 7) is 0. The van der Waals surface area contributed by atoms with Crippen molar-refractivity contribution in [2.45, 2.75) is 18.1 Å². The minimum Gasteiger partial charge on any atom is -0.497 e. The Bertz CT molecular complexity index is 1020. The summed E-state index contributed by atoms with van der Waals surface area (Å²) in [7, 11) is 1.57. The number of rotatable bonds is 3. The highest BCUT2D eigenvalue weighted by atomic mass is 19.1. The van der Waals surface area contributed by atoms with Gasteiger partial charge in [-0.05, 0) is 29.8 Å². The van der Waals surface area contributed by atoms with Crippen LogP contribution in [-0.4, -0.2) is 21.8 Å². The number of methoxy groups -OCH3 is 1.